The van der Waals surface area contributed by atoms with Gasteiger partial charge in [-0.1, -0.05) is 12.1 Å². The van der Waals surface area contributed by atoms with Gasteiger partial charge in [-0.15, -0.1) is 12.4 Å². The number of amides is 2. The third-order valence-corrected chi connectivity index (χ3v) is 5.38. The summed E-state index contributed by atoms with van der Waals surface area (Å²) in [4.78, 5) is 27.2. The summed E-state index contributed by atoms with van der Waals surface area (Å²) in [6.07, 6.45) is 3.38. The molecule has 1 aromatic carbocycles. The van der Waals surface area contributed by atoms with Gasteiger partial charge >= 0.3 is 12.0 Å². The van der Waals surface area contributed by atoms with Crippen LogP contribution >= 0.6 is 12.4 Å². The summed E-state index contributed by atoms with van der Waals surface area (Å²) in [5, 5.41) is 12.1. The van der Waals surface area contributed by atoms with Gasteiger partial charge in [-0.2, -0.15) is 0 Å². The zero-order valence-electron chi connectivity index (χ0n) is 16.4. The van der Waals surface area contributed by atoms with Crippen molar-refractivity contribution in [1.82, 2.24) is 15.1 Å². The monoisotopic (exact) mass is 411 g/mol. The third-order valence-electron chi connectivity index (χ3n) is 5.38. The Bertz CT molecular complexity index is 677. The van der Waals surface area contributed by atoms with Gasteiger partial charge in [-0.3, -0.25) is 9.69 Å². The first kappa shape index (κ1) is 22.3. The van der Waals surface area contributed by atoms with Gasteiger partial charge in [0.25, 0.3) is 0 Å². The highest BCUT2D eigenvalue weighted by Crippen LogP contribution is 2.26. The normalized spacial score (nSPS) is 16.3. The predicted molar refractivity (Wildman–Crippen MR) is 109 cm³/mol. The Morgan fingerprint density at radius 2 is 2.07 bits per heavy atom. The second-order valence-corrected chi connectivity index (χ2v) is 7.21. The van der Waals surface area contributed by atoms with E-state index in [1.54, 1.807) is 0 Å². The van der Waals surface area contributed by atoms with E-state index in [9.17, 15) is 14.7 Å². The van der Waals surface area contributed by atoms with Crippen LogP contribution in [0.3, 0.4) is 0 Å². The molecule has 8 heteroatoms. The molecule has 1 saturated heterocycles. The van der Waals surface area contributed by atoms with Crippen LogP contribution in [0.15, 0.2) is 18.2 Å². The molecule has 2 amide bonds. The Morgan fingerprint density at radius 1 is 1.32 bits per heavy atom. The highest BCUT2D eigenvalue weighted by atomic mass is 35.5. The van der Waals surface area contributed by atoms with E-state index in [2.05, 4.69) is 22.3 Å². The van der Waals surface area contributed by atoms with Crippen molar-refractivity contribution in [3.05, 3.63) is 29.3 Å². The number of piperidine rings is 1. The minimum atomic E-state index is -0.802. The van der Waals surface area contributed by atoms with Crippen LogP contribution in [0.5, 0.6) is 5.75 Å². The van der Waals surface area contributed by atoms with Crippen LogP contribution in [0.4, 0.5) is 4.79 Å². The molecule has 156 valence electrons. The first-order chi connectivity index (χ1) is 13.1. The molecular weight excluding hydrogens is 382 g/mol. The van der Waals surface area contributed by atoms with Crippen LogP contribution in [0, 0.1) is 0 Å². The number of rotatable bonds is 7. The smallest absolute Gasteiger partial charge is 0.317 e. The van der Waals surface area contributed by atoms with Crippen LogP contribution < -0.4 is 10.1 Å². The van der Waals surface area contributed by atoms with E-state index in [0.29, 0.717) is 26.2 Å². The lowest BCUT2D eigenvalue weighted by atomic mass is 10.0. The van der Waals surface area contributed by atoms with Crippen molar-refractivity contribution in [2.24, 2.45) is 0 Å². The van der Waals surface area contributed by atoms with Crippen molar-refractivity contribution in [2.75, 3.05) is 39.3 Å². The topological polar surface area (TPSA) is 82.1 Å². The number of carboxylic acid groups (broad SMARTS) is 1. The fraction of sp³-hybridized carbons (Fsp3) is 0.600. The highest BCUT2D eigenvalue weighted by Gasteiger charge is 2.27. The molecule has 0 radical (unpaired) electrons. The molecule has 0 aliphatic carbocycles. The number of carbonyl (C=O) groups is 2. The number of benzene rings is 1. The molecule has 7 nitrogen and oxygen atoms in total. The molecule has 2 aliphatic heterocycles. The van der Waals surface area contributed by atoms with Gasteiger partial charge in [0.2, 0.25) is 0 Å². The number of ether oxygens (including phenoxy) is 1. The molecule has 1 fully saturated rings. The lowest BCUT2D eigenvalue weighted by molar-refractivity contribution is -0.139. The number of hydrogen-bond donors (Lipinski definition) is 2. The molecule has 0 spiro atoms. The van der Waals surface area contributed by atoms with E-state index in [1.807, 2.05) is 17.9 Å². The number of nitrogens with zero attached hydrogens (tertiary/aromatic N) is 2. The molecule has 2 N–H and O–H groups in total. The lowest BCUT2D eigenvalue weighted by Crippen LogP contribution is -2.50. The molecule has 2 heterocycles. The number of carboxylic acids is 1. The maximum Gasteiger partial charge on any atom is 0.317 e. The Morgan fingerprint density at radius 3 is 2.75 bits per heavy atom. The average Bonchev–Trinajstić information content (AvgIpc) is 3.13. The zero-order valence-corrected chi connectivity index (χ0v) is 17.2. The zero-order chi connectivity index (χ0) is 19.2. The van der Waals surface area contributed by atoms with Gasteiger partial charge in [0.1, 0.15) is 5.75 Å². The summed E-state index contributed by atoms with van der Waals surface area (Å²) < 4.78 is 5.55. The molecule has 0 unspecified atom stereocenters. The molecule has 2 aliphatic rings. The fourth-order valence-electron chi connectivity index (χ4n) is 3.93. The number of fused-ring (bicyclic) bond motifs is 1. The van der Waals surface area contributed by atoms with Crippen LogP contribution in [0.25, 0.3) is 0 Å². The number of halogens is 1. The number of likely N-dealkylation sites (tertiary alicyclic amines) is 1. The van der Waals surface area contributed by atoms with Gasteiger partial charge in [0.15, 0.2) is 0 Å². The second kappa shape index (κ2) is 10.5. The number of hydrogen-bond acceptors (Lipinski definition) is 4. The van der Waals surface area contributed by atoms with E-state index >= 15 is 0 Å². The molecule has 0 aromatic heterocycles. The third kappa shape index (κ3) is 5.75. The Balaban J connectivity index is 0.00000280. The molecule has 0 saturated carbocycles. The minimum Gasteiger partial charge on any atom is -0.493 e. The van der Waals surface area contributed by atoms with E-state index in [-0.39, 0.29) is 31.0 Å². The maximum atomic E-state index is 12.0. The van der Waals surface area contributed by atoms with E-state index < -0.39 is 5.97 Å². The SMILES string of the molecule is CCNC(=O)N1CCC(N(CCc2ccc3c(c2)CCO3)CC(=O)O)CC1.Cl. The van der Waals surface area contributed by atoms with Crippen molar-refractivity contribution in [1.29, 1.82) is 0 Å². The summed E-state index contributed by atoms with van der Waals surface area (Å²) in [6.45, 7) is 5.36. The van der Waals surface area contributed by atoms with Gasteiger partial charge in [-0.25, -0.2) is 4.79 Å². The molecule has 0 atom stereocenters. The minimum absolute atomic E-state index is 0. The fourth-order valence-corrected chi connectivity index (χ4v) is 3.93. The summed E-state index contributed by atoms with van der Waals surface area (Å²) >= 11 is 0. The molecule has 0 bridgehead atoms. The van der Waals surface area contributed by atoms with Crippen molar-refractivity contribution < 1.29 is 19.4 Å². The second-order valence-electron chi connectivity index (χ2n) is 7.21. The first-order valence-electron chi connectivity index (χ1n) is 9.80. The number of urea groups is 1. The Labute approximate surface area is 172 Å². The van der Waals surface area contributed by atoms with Crippen molar-refractivity contribution >= 4 is 24.4 Å². The number of aliphatic carboxylic acids is 1. The molecule has 1 aromatic rings. The Hall–Kier alpha value is -1.99. The van der Waals surface area contributed by atoms with Crippen LogP contribution in [-0.4, -0.2) is 72.3 Å². The number of nitrogens with one attached hydrogen (secondary N) is 1. The summed E-state index contributed by atoms with van der Waals surface area (Å²) in [6, 6.07) is 6.44. The quantitative estimate of drug-likeness (QED) is 0.718. The standard InChI is InChI=1S/C20H29N3O4.ClH/c1-2-21-20(26)22-10-6-17(7-11-22)23(14-19(24)25)9-5-15-3-4-18-16(13-15)8-12-27-18;/h3-4,13,17H,2,5-12,14H2,1H3,(H,21,26)(H,24,25);1H. The largest absolute Gasteiger partial charge is 0.493 e. The number of carbonyl (C=O) groups excluding carboxylic acids is 1. The van der Waals surface area contributed by atoms with Crippen LogP contribution in [0.2, 0.25) is 0 Å². The van der Waals surface area contributed by atoms with Crippen molar-refractivity contribution in [3.8, 4) is 5.75 Å². The highest BCUT2D eigenvalue weighted by molar-refractivity contribution is 5.85. The van der Waals surface area contributed by atoms with Crippen molar-refractivity contribution in [3.63, 3.8) is 0 Å². The van der Waals surface area contributed by atoms with Gasteiger partial charge < -0.3 is 20.1 Å². The van der Waals surface area contributed by atoms with Crippen molar-refractivity contribution in [2.45, 2.75) is 38.6 Å². The average molecular weight is 412 g/mol. The summed E-state index contributed by atoms with van der Waals surface area (Å²) in [5.41, 5.74) is 2.46. The van der Waals surface area contributed by atoms with Crippen LogP contribution in [0.1, 0.15) is 30.9 Å². The maximum absolute atomic E-state index is 12.0. The summed E-state index contributed by atoms with van der Waals surface area (Å²) in [7, 11) is 0. The van der Waals surface area contributed by atoms with E-state index in [4.69, 9.17) is 4.74 Å². The van der Waals surface area contributed by atoms with Gasteiger partial charge in [0.05, 0.1) is 13.2 Å². The van der Waals surface area contributed by atoms with E-state index in [0.717, 1.165) is 38.0 Å². The van der Waals surface area contributed by atoms with E-state index in [1.165, 1.54) is 11.1 Å². The van der Waals surface area contributed by atoms with Gasteiger partial charge in [-0.05, 0) is 43.4 Å². The van der Waals surface area contributed by atoms with Gasteiger partial charge in [0, 0.05) is 38.6 Å². The lowest BCUT2D eigenvalue weighted by Gasteiger charge is -2.38. The molecular formula is C20H30ClN3O4. The molecule has 3 rings (SSSR count). The predicted octanol–water partition coefficient (Wildman–Crippen LogP) is 2.17. The molecule has 28 heavy (non-hydrogen) atoms. The van der Waals surface area contributed by atoms with Crippen LogP contribution in [-0.2, 0) is 17.6 Å². The Kier molecular flexibility index (Phi) is 8.38. The first-order valence-corrected chi connectivity index (χ1v) is 9.80. The summed E-state index contributed by atoms with van der Waals surface area (Å²) in [5.74, 6) is 0.169.